The van der Waals surface area contributed by atoms with Crippen molar-refractivity contribution in [2.75, 3.05) is 25.6 Å². The molecule has 0 saturated carbocycles. The number of aliphatic hydroxyl groups is 1. The van der Waals surface area contributed by atoms with Crippen molar-refractivity contribution >= 4 is 16.5 Å². The molecule has 16 heavy (non-hydrogen) atoms. The molecular formula is C11H20N2O2S. The summed E-state index contributed by atoms with van der Waals surface area (Å²) in [5.74, 6) is 0. The summed E-state index contributed by atoms with van der Waals surface area (Å²) >= 11 is 1.54. The zero-order valence-corrected chi connectivity index (χ0v) is 11.0. The lowest BCUT2D eigenvalue weighted by Crippen LogP contribution is -2.17. The fourth-order valence-corrected chi connectivity index (χ4v) is 2.31. The standard InChI is InChI=1S/C11H20N2O2S/c1-4-5-6-13(2)11-12-9(8-15-3)10(7-14)16-11/h14H,4-8H2,1-3H3. The van der Waals surface area contributed by atoms with Crippen LogP contribution in [0.2, 0.25) is 0 Å². The number of methoxy groups -OCH3 is 1. The van der Waals surface area contributed by atoms with Crippen LogP contribution in [0.25, 0.3) is 0 Å². The first-order valence-corrected chi connectivity index (χ1v) is 6.34. The number of aliphatic hydroxyl groups excluding tert-OH is 1. The third-order valence-electron chi connectivity index (χ3n) is 2.37. The van der Waals surface area contributed by atoms with E-state index in [1.54, 1.807) is 18.4 Å². The summed E-state index contributed by atoms with van der Waals surface area (Å²) in [5, 5.41) is 10.2. The summed E-state index contributed by atoms with van der Waals surface area (Å²) in [6, 6.07) is 0. The van der Waals surface area contributed by atoms with Gasteiger partial charge in [-0.25, -0.2) is 4.98 Å². The van der Waals surface area contributed by atoms with Crippen LogP contribution in [0.5, 0.6) is 0 Å². The molecule has 92 valence electrons. The third kappa shape index (κ3) is 3.43. The molecule has 1 rings (SSSR count). The molecule has 0 radical (unpaired) electrons. The highest BCUT2D eigenvalue weighted by Gasteiger charge is 2.12. The Bertz CT molecular complexity index is 315. The van der Waals surface area contributed by atoms with E-state index in [1.165, 1.54) is 6.42 Å². The van der Waals surface area contributed by atoms with Gasteiger partial charge in [0.05, 0.1) is 23.8 Å². The Morgan fingerprint density at radius 3 is 2.81 bits per heavy atom. The maximum atomic E-state index is 9.21. The van der Waals surface area contributed by atoms with Crippen molar-refractivity contribution in [2.45, 2.75) is 33.0 Å². The molecule has 1 heterocycles. The number of nitrogens with zero attached hydrogens (tertiary/aromatic N) is 2. The largest absolute Gasteiger partial charge is 0.391 e. The number of hydrogen-bond donors (Lipinski definition) is 1. The summed E-state index contributed by atoms with van der Waals surface area (Å²) in [6.07, 6.45) is 2.33. The Morgan fingerprint density at radius 1 is 1.50 bits per heavy atom. The Balaban J connectivity index is 2.72. The topological polar surface area (TPSA) is 45.6 Å². The number of unbranched alkanes of at least 4 members (excludes halogenated alkanes) is 1. The van der Waals surface area contributed by atoms with E-state index in [1.807, 2.05) is 7.05 Å². The number of anilines is 1. The summed E-state index contributed by atoms with van der Waals surface area (Å²) in [5.41, 5.74) is 0.855. The number of rotatable bonds is 7. The van der Waals surface area contributed by atoms with Crippen LogP contribution in [0.1, 0.15) is 30.3 Å². The van der Waals surface area contributed by atoms with Crippen molar-refractivity contribution in [1.82, 2.24) is 4.98 Å². The predicted octanol–water partition coefficient (Wildman–Crippen LogP) is 2.02. The van der Waals surface area contributed by atoms with Crippen molar-refractivity contribution in [2.24, 2.45) is 0 Å². The second-order valence-electron chi connectivity index (χ2n) is 3.73. The van der Waals surface area contributed by atoms with Gasteiger partial charge < -0.3 is 14.7 Å². The molecule has 0 saturated heterocycles. The second-order valence-corrected chi connectivity index (χ2v) is 4.79. The summed E-state index contributed by atoms with van der Waals surface area (Å²) < 4.78 is 5.06. The molecule has 0 aromatic carbocycles. The third-order valence-corrected chi connectivity index (χ3v) is 3.56. The lowest BCUT2D eigenvalue weighted by molar-refractivity contribution is 0.179. The lowest BCUT2D eigenvalue weighted by Gasteiger charge is -2.14. The molecule has 0 aliphatic carbocycles. The quantitative estimate of drug-likeness (QED) is 0.797. The van der Waals surface area contributed by atoms with Crippen LogP contribution < -0.4 is 4.90 Å². The smallest absolute Gasteiger partial charge is 0.185 e. The summed E-state index contributed by atoms with van der Waals surface area (Å²) in [7, 11) is 3.67. The second kappa shape index (κ2) is 6.83. The van der Waals surface area contributed by atoms with E-state index in [-0.39, 0.29) is 6.61 Å². The van der Waals surface area contributed by atoms with E-state index < -0.39 is 0 Å². The summed E-state index contributed by atoms with van der Waals surface area (Å²) in [6.45, 7) is 3.68. The van der Waals surface area contributed by atoms with Crippen LogP contribution >= 0.6 is 11.3 Å². The van der Waals surface area contributed by atoms with Gasteiger partial charge in [0.1, 0.15) is 0 Å². The molecule has 1 N–H and O–H groups in total. The van der Waals surface area contributed by atoms with Crippen molar-refractivity contribution in [3.05, 3.63) is 10.6 Å². The fraction of sp³-hybridized carbons (Fsp3) is 0.727. The minimum Gasteiger partial charge on any atom is -0.391 e. The average Bonchev–Trinajstić information content (AvgIpc) is 2.69. The van der Waals surface area contributed by atoms with E-state index in [0.29, 0.717) is 6.61 Å². The molecule has 0 aliphatic heterocycles. The molecule has 1 aromatic heterocycles. The fourth-order valence-electron chi connectivity index (χ4n) is 1.40. The minimum atomic E-state index is 0.0397. The van der Waals surface area contributed by atoms with Gasteiger partial charge in [-0.2, -0.15) is 0 Å². The summed E-state index contributed by atoms with van der Waals surface area (Å²) in [4.78, 5) is 7.52. The van der Waals surface area contributed by atoms with Gasteiger partial charge >= 0.3 is 0 Å². The van der Waals surface area contributed by atoms with Gasteiger partial charge in [-0.15, -0.1) is 0 Å². The van der Waals surface area contributed by atoms with E-state index in [9.17, 15) is 5.11 Å². The van der Waals surface area contributed by atoms with Crippen LogP contribution in [0.15, 0.2) is 0 Å². The van der Waals surface area contributed by atoms with Crippen molar-refractivity contribution in [1.29, 1.82) is 0 Å². The maximum Gasteiger partial charge on any atom is 0.185 e. The van der Waals surface area contributed by atoms with Crippen LogP contribution in [0, 0.1) is 0 Å². The average molecular weight is 244 g/mol. The Kier molecular flexibility index (Phi) is 5.73. The normalized spacial score (nSPS) is 10.8. The molecule has 0 amide bonds. The Hall–Kier alpha value is -0.650. The molecule has 5 heteroatoms. The zero-order valence-electron chi connectivity index (χ0n) is 10.2. The van der Waals surface area contributed by atoms with Crippen LogP contribution in [-0.2, 0) is 18.0 Å². The van der Waals surface area contributed by atoms with Crippen molar-refractivity contribution in [3.8, 4) is 0 Å². The zero-order chi connectivity index (χ0) is 12.0. The molecule has 0 aliphatic rings. The van der Waals surface area contributed by atoms with Gasteiger partial charge in [0.25, 0.3) is 0 Å². The highest BCUT2D eigenvalue weighted by Crippen LogP contribution is 2.26. The molecule has 4 nitrogen and oxygen atoms in total. The first-order chi connectivity index (χ1) is 7.72. The highest BCUT2D eigenvalue weighted by atomic mass is 32.1. The first kappa shape index (κ1) is 13.4. The van der Waals surface area contributed by atoms with E-state index in [2.05, 4.69) is 16.8 Å². The predicted molar refractivity (Wildman–Crippen MR) is 66.9 cm³/mol. The number of aromatic nitrogens is 1. The van der Waals surface area contributed by atoms with Gasteiger partial charge in [0.2, 0.25) is 0 Å². The Labute approximate surface area is 101 Å². The van der Waals surface area contributed by atoms with E-state index in [4.69, 9.17) is 4.74 Å². The van der Waals surface area contributed by atoms with Gasteiger partial charge in [-0.3, -0.25) is 0 Å². The monoisotopic (exact) mass is 244 g/mol. The van der Waals surface area contributed by atoms with Crippen LogP contribution in [0.4, 0.5) is 5.13 Å². The number of thiazole rings is 1. The van der Waals surface area contributed by atoms with Crippen LogP contribution in [0.3, 0.4) is 0 Å². The number of ether oxygens (including phenoxy) is 1. The van der Waals surface area contributed by atoms with Crippen molar-refractivity contribution in [3.63, 3.8) is 0 Å². The van der Waals surface area contributed by atoms with Gasteiger partial charge in [0.15, 0.2) is 5.13 Å². The van der Waals surface area contributed by atoms with Crippen molar-refractivity contribution < 1.29 is 9.84 Å². The lowest BCUT2D eigenvalue weighted by atomic mass is 10.3. The van der Waals surface area contributed by atoms with Gasteiger partial charge in [-0.05, 0) is 6.42 Å². The van der Waals surface area contributed by atoms with Gasteiger partial charge in [-0.1, -0.05) is 24.7 Å². The molecule has 0 atom stereocenters. The molecule has 0 unspecified atom stereocenters. The SMILES string of the molecule is CCCCN(C)c1nc(COC)c(CO)s1. The number of hydrogen-bond acceptors (Lipinski definition) is 5. The first-order valence-electron chi connectivity index (χ1n) is 5.52. The maximum absolute atomic E-state index is 9.21. The molecule has 0 bridgehead atoms. The minimum absolute atomic E-state index is 0.0397. The Morgan fingerprint density at radius 2 is 2.25 bits per heavy atom. The van der Waals surface area contributed by atoms with E-state index in [0.717, 1.165) is 28.7 Å². The molecular weight excluding hydrogens is 224 g/mol. The molecule has 1 aromatic rings. The van der Waals surface area contributed by atoms with Crippen LogP contribution in [-0.4, -0.2) is 30.8 Å². The highest BCUT2D eigenvalue weighted by molar-refractivity contribution is 7.15. The van der Waals surface area contributed by atoms with Gasteiger partial charge in [0, 0.05) is 20.7 Å². The van der Waals surface area contributed by atoms with E-state index >= 15 is 0 Å². The molecule has 0 fully saturated rings. The molecule has 0 spiro atoms.